The molecule has 0 aromatic rings. The van der Waals surface area contributed by atoms with Crippen molar-refractivity contribution in [3.8, 4) is 0 Å². The average molecular weight is 176 g/mol. The molecule has 0 saturated heterocycles. The zero-order valence-electron chi connectivity index (χ0n) is 7.29. The molecule has 0 aliphatic carbocycles. The Bertz CT molecular complexity index is 178. The largest absolute Gasteiger partial charge is 0.505 e. The first kappa shape index (κ1) is 10.6. The summed E-state index contributed by atoms with van der Waals surface area (Å²) in [6.45, 7) is 0. The van der Waals surface area contributed by atoms with Crippen LogP contribution in [0.3, 0.4) is 0 Å². The van der Waals surface area contributed by atoms with E-state index in [0.29, 0.717) is 0 Å². The van der Waals surface area contributed by atoms with E-state index in [0.717, 1.165) is 0 Å². The molecule has 0 aliphatic heterocycles. The maximum Gasteiger partial charge on any atom is 0.318 e. The fourth-order valence-electron chi connectivity index (χ4n) is 0.600. The molecule has 0 unspecified atom stereocenters. The molecule has 0 heterocycles. The fourth-order valence-corrected chi connectivity index (χ4v) is 0.600. The molecule has 0 bridgehead atoms. The lowest BCUT2D eigenvalue weighted by Gasteiger charge is -2.06. The van der Waals surface area contributed by atoms with Crippen LogP contribution >= 0.6 is 0 Å². The van der Waals surface area contributed by atoms with Crippen molar-refractivity contribution >= 4 is 5.97 Å². The molecular formula is C7H12O5. The summed E-state index contributed by atoms with van der Waals surface area (Å²) in [5.74, 6) is -0.925. The van der Waals surface area contributed by atoms with Gasteiger partial charge in [-0.1, -0.05) is 0 Å². The quantitative estimate of drug-likeness (QED) is 0.501. The van der Waals surface area contributed by atoms with Crippen molar-refractivity contribution < 1.29 is 24.1 Å². The first-order valence-electron chi connectivity index (χ1n) is 3.22. The summed E-state index contributed by atoms with van der Waals surface area (Å²) >= 11 is 0. The van der Waals surface area contributed by atoms with Crippen molar-refractivity contribution in [3.63, 3.8) is 0 Å². The minimum atomic E-state index is -0.556. The van der Waals surface area contributed by atoms with Crippen LogP contribution in [0.5, 0.6) is 0 Å². The summed E-state index contributed by atoms with van der Waals surface area (Å²) in [6.07, 6.45) is -0.256. The van der Waals surface area contributed by atoms with Crippen LogP contribution in [-0.2, 0) is 19.0 Å². The maximum atomic E-state index is 10.6. The van der Waals surface area contributed by atoms with Crippen LogP contribution in [0.2, 0.25) is 0 Å². The second-order valence-electron chi connectivity index (χ2n) is 1.90. The van der Waals surface area contributed by atoms with Gasteiger partial charge in [0.2, 0.25) is 0 Å². The highest BCUT2D eigenvalue weighted by Gasteiger charge is 2.11. The number of carbonyl (C=O) groups excluding carboxylic acids is 1. The van der Waals surface area contributed by atoms with Crippen molar-refractivity contribution in [2.75, 3.05) is 21.3 Å². The number of hydrogen-bond donors (Lipinski definition) is 1. The van der Waals surface area contributed by atoms with Gasteiger partial charge in [-0.05, 0) is 0 Å². The third-order valence-electron chi connectivity index (χ3n) is 1.15. The lowest BCUT2D eigenvalue weighted by atomic mass is 10.4. The van der Waals surface area contributed by atoms with Crippen molar-refractivity contribution in [1.29, 1.82) is 0 Å². The number of ether oxygens (including phenoxy) is 3. The number of hydrogen-bond acceptors (Lipinski definition) is 5. The summed E-state index contributed by atoms with van der Waals surface area (Å²) in [5, 5.41) is 9.14. The molecule has 0 amide bonds. The van der Waals surface area contributed by atoms with Crippen LogP contribution < -0.4 is 0 Å². The summed E-state index contributed by atoms with van der Waals surface area (Å²) in [4.78, 5) is 10.6. The molecule has 0 aromatic heterocycles. The van der Waals surface area contributed by atoms with E-state index in [1.807, 2.05) is 0 Å². The summed E-state index contributed by atoms with van der Waals surface area (Å²) in [5.41, 5.74) is 0. The van der Waals surface area contributed by atoms with Gasteiger partial charge in [0.15, 0.2) is 5.76 Å². The van der Waals surface area contributed by atoms with E-state index < -0.39 is 5.97 Å². The number of aliphatic hydroxyl groups excluding tert-OH is 1. The zero-order valence-corrected chi connectivity index (χ0v) is 7.29. The summed E-state index contributed by atoms with van der Waals surface area (Å²) < 4.78 is 13.5. The molecular weight excluding hydrogens is 164 g/mol. The predicted octanol–water partition coefficient (Wildman–Crippen LogP) is 0.569. The molecule has 5 nitrogen and oxygen atoms in total. The number of aliphatic hydroxyl groups is 1. The van der Waals surface area contributed by atoms with Gasteiger partial charge < -0.3 is 19.3 Å². The van der Waals surface area contributed by atoms with E-state index in [1.54, 1.807) is 0 Å². The van der Waals surface area contributed by atoms with Crippen LogP contribution in [0.25, 0.3) is 0 Å². The van der Waals surface area contributed by atoms with Gasteiger partial charge in [-0.3, -0.25) is 4.79 Å². The average Bonchev–Trinajstić information content (AvgIpc) is 2.06. The zero-order chi connectivity index (χ0) is 9.56. The molecule has 12 heavy (non-hydrogen) atoms. The first-order chi connectivity index (χ1) is 5.65. The van der Waals surface area contributed by atoms with E-state index in [9.17, 15) is 4.79 Å². The molecule has 5 heteroatoms. The Hall–Kier alpha value is -1.39. The normalized spacial score (nSPS) is 8.58. The van der Waals surface area contributed by atoms with Crippen molar-refractivity contribution in [2.24, 2.45) is 0 Å². The fraction of sp³-hybridized carbons (Fsp3) is 0.571. The number of esters is 1. The molecule has 1 N–H and O–H groups in total. The molecule has 0 rings (SSSR count). The smallest absolute Gasteiger partial charge is 0.318 e. The van der Waals surface area contributed by atoms with Gasteiger partial charge in [-0.2, -0.15) is 0 Å². The van der Waals surface area contributed by atoms with E-state index in [4.69, 9.17) is 5.11 Å². The van der Waals surface area contributed by atoms with Gasteiger partial charge in [0.1, 0.15) is 6.42 Å². The molecule has 0 aliphatic rings. The molecule has 0 saturated carbocycles. The van der Waals surface area contributed by atoms with Crippen LogP contribution in [0.4, 0.5) is 0 Å². The number of methoxy groups -OCH3 is 3. The predicted molar refractivity (Wildman–Crippen MR) is 40.3 cm³/mol. The molecule has 0 fully saturated rings. The van der Waals surface area contributed by atoms with Gasteiger partial charge in [-0.15, -0.1) is 0 Å². The Morgan fingerprint density at radius 3 is 2.00 bits per heavy atom. The van der Waals surface area contributed by atoms with Crippen molar-refractivity contribution in [1.82, 2.24) is 0 Å². The minimum Gasteiger partial charge on any atom is -0.505 e. The second kappa shape index (κ2) is 5.29. The number of rotatable bonds is 4. The summed E-state index contributed by atoms with van der Waals surface area (Å²) in [6, 6.07) is 0. The molecule has 0 aromatic carbocycles. The summed E-state index contributed by atoms with van der Waals surface area (Å²) in [7, 11) is 3.88. The Labute approximate surface area is 70.5 Å². The van der Waals surface area contributed by atoms with Gasteiger partial charge in [0.05, 0.1) is 21.3 Å². The standard InChI is InChI=1S/C7H12O5/c1-10-6(9)4-5(8)7(11-2)12-3/h8H,4H2,1-3H3. The third kappa shape index (κ3) is 3.14. The van der Waals surface area contributed by atoms with E-state index >= 15 is 0 Å². The van der Waals surface area contributed by atoms with Crippen molar-refractivity contribution in [2.45, 2.75) is 6.42 Å². The van der Waals surface area contributed by atoms with Gasteiger partial charge >= 0.3 is 11.9 Å². The highest BCUT2D eigenvalue weighted by molar-refractivity contribution is 5.71. The molecule has 0 spiro atoms. The van der Waals surface area contributed by atoms with Gasteiger partial charge in [0, 0.05) is 0 Å². The van der Waals surface area contributed by atoms with E-state index in [2.05, 4.69) is 14.2 Å². The third-order valence-corrected chi connectivity index (χ3v) is 1.15. The first-order valence-corrected chi connectivity index (χ1v) is 3.22. The molecule has 0 radical (unpaired) electrons. The number of carbonyl (C=O) groups is 1. The highest BCUT2D eigenvalue weighted by atomic mass is 16.7. The highest BCUT2D eigenvalue weighted by Crippen LogP contribution is 2.07. The van der Waals surface area contributed by atoms with Crippen LogP contribution in [0.1, 0.15) is 6.42 Å². The SMILES string of the molecule is COC(=O)CC(O)=C(OC)OC. The lowest BCUT2D eigenvalue weighted by molar-refractivity contribution is -0.140. The van der Waals surface area contributed by atoms with Crippen LogP contribution in [0, 0.1) is 0 Å². The van der Waals surface area contributed by atoms with Crippen LogP contribution in [0.15, 0.2) is 11.7 Å². The Morgan fingerprint density at radius 1 is 1.17 bits per heavy atom. The lowest BCUT2D eigenvalue weighted by Crippen LogP contribution is -2.05. The van der Waals surface area contributed by atoms with Gasteiger partial charge in [-0.25, -0.2) is 0 Å². The Morgan fingerprint density at radius 2 is 1.67 bits per heavy atom. The molecule has 70 valence electrons. The Balaban J connectivity index is 4.23. The second-order valence-corrected chi connectivity index (χ2v) is 1.90. The van der Waals surface area contributed by atoms with E-state index in [1.165, 1.54) is 21.3 Å². The van der Waals surface area contributed by atoms with Crippen LogP contribution in [-0.4, -0.2) is 32.4 Å². The monoisotopic (exact) mass is 176 g/mol. The molecule has 0 atom stereocenters. The minimum absolute atomic E-state index is 0.0830. The maximum absolute atomic E-state index is 10.6. The topological polar surface area (TPSA) is 65.0 Å². The van der Waals surface area contributed by atoms with E-state index in [-0.39, 0.29) is 18.1 Å². The Kier molecular flexibility index (Phi) is 4.67. The van der Waals surface area contributed by atoms with Gasteiger partial charge in [0.25, 0.3) is 0 Å². The van der Waals surface area contributed by atoms with Crippen molar-refractivity contribution in [3.05, 3.63) is 11.7 Å².